The number of hydrogen-bond acceptors (Lipinski definition) is 5. The number of thiazole rings is 1. The molecule has 158 valence electrons. The van der Waals surface area contributed by atoms with E-state index in [1.165, 1.54) is 11.3 Å². The molecule has 0 saturated heterocycles. The molecule has 0 radical (unpaired) electrons. The van der Waals surface area contributed by atoms with Crippen LogP contribution in [0.2, 0.25) is 0 Å². The van der Waals surface area contributed by atoms with Crippen molar-refractivity contribution in [1.82, 2.24) is 4.57 Å². The number of allylic oxidation sites excluding steroid dienone is 1. The number of hydrogen-bond donors (Lipinski definition) is 0. The summed E-state index contributed by atoms with van der Waals surface area (Å²) in [5.41, 5.74) is 4.86. The van der Waals surface area contributed by atoms with Gasteiger partial charge in [0, 0.05) is 0 Å². The summed E-state index contributed by atoms with van der Waals surface area (Å²) in [5.74, 6) is -0.442. The molecule has 6 heteroatoms. The number of carbonyl (C=O) groups is 1. The summed E-state index contributed by atoms with van der Waals surface area (Å²) in [6.07, 6.45) is 1.90. The highest BCUT2D eigenvalue weighted by atomic mass is 32.1. The second kappa shape index (κ2) is 8.47. The molecule has 1 atom stereocenters. The Morgan fingerprint density at radius 2 is 1.84 bits per heavy atom. The summed E-state index contributed by atoms with van der Waals surface area (Å²) in [4.78, 5) is 31.6. The number of aryl methyl sites for hydroxylation is 2. The minimum atomic E-state index is -0.574. The average Bonchev–Trinajstić information content (AvgIpc) is 3.04. The van der Waals surface area contributed by atoms with Crippen molar-refractivity contribution in [3.8, 4) is 0 Å². The molecule has 2 aromatic carbocycles. The molecule has 0 spiro atoms. The van der Waals surface area contributed by atoms with Gasteiger partial charge < -0.3 is 4.74 Å². The van der Waals surface area contributed by atoms with Gasteiger partial charge in [-0.1, -0.05) is 65.4 Å². The molecule has 2 heterocycles. The van der Waals surface area contributed by atoms with Crippen LogP contribution in [0.4, 0.5) is 0 Å². The zero-order valence-corrected chi connectivity index (χ0v) is 18.8. The van der Waals surface area contributed by atoms with Crippen LogP contribution in [-0.4, -0.2) is 17.1 Å². The molecule has 0 saturated carbocycles. The third-order valence-corrected chi connectivity index (χ3v) is 6.37. The van der Waals surface area contributed by atoms with Gasteiger partial charge in [0.2, 0.25) is 0 Å². The summed E-state index contributed by atoms with van der Waals surface area (Å²) >= 11 is 1.34. The van der Waals surface area contributed by atoms with Crippen LogP contribution in [0.1, 0.15) is 42.1 Å². The lowest BCUT2D eigenvalue weighted by molar-refractivity contribution is -0.139. The average molecular weight is 433 g/mol. The SMILES string of the molecule is CCOC(=O)C1=C(C)N=c2s/c(=C/c3ccccc3C)c(=O)n2[C@H]1c1ccc(C)cc1. The van der Waals surface area contributed by atoms with Crippen molar-refractivity contribution in [3.05, 3.63) is 102 Å². The molecule has 0 bridgehead atoms. The first-order chi connectivity index (χ1) is 14.9. The Hall–Kier alpha value is -3.25. The number of esters is 1. The van der Waals surface area contributed by atoms with E-state index in [2.05, 4.69) is 4.99 Å². The van der Waals surface area contributed by atoms with Crippen molar-refractivity contribution in [2.75, 3.05) is 6.61 Å². The maximum Gasteiger partial charge on any atom is 0.338 e. The fraction of sp³-hybridized carbons (Fsp3) is 0.240. The highest BCUT2D eigenvalue weighted by Gasteiger charge is 2.33. The molecule has 4 rings (SSSR count). The summed E-state index contributed by atoms with van der Waals surface area (Å²) in [7, 11) is 0. The Labute approximate surface area is 184 Å². The minimum absolute atomic E-state index is 0.160. The van der Waals surface area contributed by atoms with Gasteiger partial charge in [0.1, 0.15) is 0 Å². The maximum atomic E-state index is 13.5. The van der Waals surface area contributed by atoms with Crippen molar-refractivity contribution in [3.63, 3.8) is 0 Å². The Morgan fingerprint density at radius 1 is 1.13 bits per heavy atom. The first-order valence-corrected chi connectivity index (χ1v) is 11.0. The minimum Gasteiger partial charge on any atom is -0.463 e. The number of nitrogens with zero attached hydrogens (tertiary/aromatic N) is 2. The van der Waals surface area contributed by atoms with Crippen molar-refractivity contribution in [2.45, 2.75) is 33.7 Å². The van der Waals surface area contributed by atoms with Crippen molar-refractivity contribution < 1.29 is 9.53 Å². The van der Waals surface area contributed by atoms with Crippen LogP contribution in [-0.2, 0) is 9.53 Å². The van der Waals surface area contributed by atoms with E-state index in [9.17, 15) is 9.59 Å². The Bertz CT molecular complexity index is 1360. The number of rotatable bonds is 4. The van der Waals surface area contributed by atoms with Gasteiger partial charge in [0.15, 0.2) is 4.80 Å². The molecule has 0 unspecified atom stereocenters. The zero-order chi connectivity index (χ0) is 22.1. The molecular weight excluding hydrogens is 408 g/mol. The molecule has 0 N–H and O–H groups in total. The van der Waals surface area contributed by atoms with Crippen molar-refractivity contribution in [2.24, 2.45) is 4.99 Å². The van der Waals surface area contributed by atoms with Crippen LogP contribution in [0, 0.1) is 13.8 Å². The van der Waals surface area contributed by atoms with E-state index in [0.717, 1.165) is 22.3 Å². The number of ether oxygens (including phenoxy) is 1. The van der Waals surface area contributed by atoms with E-state index in [1.807, 2.05) is 68.5 Å². The normalized spacial score (nSPS) is 16.1. The largest absolute Gasteiger partial charge is 0.463 e. The molecule has 5 nitrogen and oxygen atoms in total. The summed E-state index contributed by atoms with van der Waals surface area (Å²) < 4.78 is 7.53. The van der Waals surface area contributed by atoms with Crippen LogP contribution in [0.25, 0.3) is 6.08 Å². The summed E-state index contributed by atoms with van der Waals surface area (Å²) in [6, 6.07) is 15.2. The smallest absolute Gasteiger partial charge is 0.338 e. The fourth-order valence-corrected chi connectivity index (χ4v) is 4.78. The van der Waals surface area contributed by atoms with Crippen LogP contribution >= 0.6 is 11.3 Å². The molecule has 0 fully saturated rings. The van der Waals surface area contributed by atoms with Gasteiger partial charge in [-0.3, -0.25) is 9.36 Å². The third kappa shape index (κ3) is 3.91. The van der Waals surface area contributed by atoms with E-state index >= 15 is 0 Å². The second-order valence-corrected chi connectivity index (χ2v) is 8.58. The predicted octanol–water partition coefficient (Wildman–Crippen LogP) is 3.42. The standard InChI is InChI=1S/C25H24N2O3S/c1-5-30-24(29)21-17(4)26-25-27(22(21)18-12-10-15(2)11-13-18)23(28)20(31-25)14-19-9-7-6-8-16(19)3/h6-14,22H,5H2,1-4H3/b20-14+/t22-/m0/s1. The van der Waals surface area contributed by atoms with Gasteiger partial charge in [-0.15, -0.1) is 0 Å². The van der Waals surface area contributed by atoms with Crippen LogP contribution < -0.4 is 14.9 Å². The maximum absolute atomic E-state index is 13.5. The first-order valence-electron chi connectivity index (χ1n) is 10.2. The molecular formula is C25H24N2O3S. The lowest BCUT2D eigenvalue weighted by Gasteiger charge is -2.24. The topological polar surface area (TPSA) is 60.7 Å². The predicted molar refractivity (Wildman–Crippen MR) is 123 cm³/mol. The van der Waals surface area contributed by atoms with Gasteiger partial charge >= 0.3 is 5.97 Å². The molecule has 0 aliphatic carbocycles. The van der Waals surface area contributed by atoms with Crippen LogP contribution in [0.3, 0.4) is 0 Å². The quantitative estimate of drug-likeness (QED) is 0.594. The number of benzene rings is 2. The van der Waals surface area contributed by atoms with Crippen molar-refractivity contribution in [1.29, 1.82) is 0 Å². The monoisotopic (exact) mass is 432 g/mol. The Morgan fingerprint density at radius 3 is 2.52 bits per heavy atom. The summed E-state index contributed by atoms with van der Waals surface area (Å²) in [6.45, 7) is 7.84. The number of fused-ring (bicyclic) bond motifs is 1. The van der Waals surface area contributed by atoms with E-state index in [4.69, 9.17) is 4.74 Å². The molecule has 1 aromatic heterocycles. The van der Waals surface area contributed by atoms with Crippen LogP contribution in [0.15, 0.2) is 69.6 Å². The van der Waals surface area contributed by atoms with Gasteiger partial charge in [0.05, 0.1) is 28.5 Å². The van der Waals surface area contributed by atoms with E-state index in [-0.39, 0.29) is 12.2 Å². The van der Waals surface area contributed by atoms with Gasteiger partial charge in [0.25, 0.3) is 5.56 Å². The molecule has 3 aromatic rings. The van der Waals surface area contributed by atoms with Gasteiger partial charge in [-0.05, 0) is 50.5 Å². The first kappa shape index (κ1) is 21.0. The Balaban J connectivity index is 1.97. The number of aromatic nitrogens is 1. The molecule has 1 aliphatic rings. The Kier molecular flexibility index (Phi) is 5.74. The lowest BCUT2D eigenvalue weighted by atomic mass is 9.95. The molecule has 0 amide bonds. The van der Waals surface area contributed by atoms with E-state index < -0.39 is 12.0 Å². The van der Waals surface area contributed by atoms with E-state index in [1.54, 1.807) is 18.4 Å². The van der Waals surface area contributed by atoms with Crippen LogP contribution in [0.5, 0.6) is 0 Å². The van der Waals surface area contributed by atoms with Gasteiger partial charge in [-0.2, -0.15) is 0 Å². The van der Waals surface area contributed by atoms with Crippen molar-refractivity contribution >= 4 is 23.4 Å². The second-order valence-electron chi connectivity index (χ2n) is 7.57. The fourth-order valence-electron chi connectivity index (χ4n) is 3.75. The third-order valence-electron chi connectivity index (χ3n) is 5.39. The number of carbonyl (C=O) groups excluding carboxylic acids is 1. The summed E-state index contributed by atoms with van der Waals surface area (Å²) in [5, 5.41) is 0. The zero-order valence-electron chi connectivity index (χ0n) is 18.0. The van der Waals surface area contributed by atoms with E-state index in [0.29, 0.717) is 20.6 Å². The lowest BCUT2D eigenvalue weighted by Crippen LogP contribution is -2.39. The highest BCUT2D eigenvalue weighted by molar-refractivity contribution is 7.07. The highest BCUT2D eigenvalue weighted by Crippen LogP contribution is 2.30. The molecule has 31 heavy (non-hydrogen) atoms. The van der Waals surface area contributed by atoms with Gasteiger partial charge in [-0.25, -0.2) is 9.79 Å². The molecule has 1 aliphatic heterocycles.